The van der Waals surface area contributed by atoms with Crippen LogP contribution in [0.15, 0.2) is 45.0 Å². The minimum Gasteiger partial charge on any atom is -0.341 e. The van der Waals surface area contributed by atoms with Crippen LogP contribution in [-0.4, -0.2) is 32.0 Å². The number of Topliss-reactive ketones (excluding diaryl/α,β-unsaturated/α-hetero) is 1. The molecule has 9 heteroatoms. The number of thiophene rings is 1. The zero-order valence-electron chi connectivity index (χ0n) is 15.7. The van der Waals surface area contributed by atoms with Crippen LogP contribution < -0.4 is 10.2 Å². The number of para-hydroxylation sites is 1. The Morgan fingerprint density at radius 1 is 1.17 bits per heavy atom. The average Bonchev–Trinajstić information content (AvgIpc) is 3.31. The molecular formula is C20H19N3O4S2. The third-order valence-corrected chi connectivity index (χ3v) is 8.09. The molecule has 3 aliphatic rings. The Morgan fingerprint density at radius 2 is 1.97 bits per heavy atom. The first kappa shape index (κ1) is 18.5. The molecule has 29 heavy (non-hydrogen) atoms. The number of sulfonamides is 1. The smallest absolute Gasteiger partial charge is 0.286 e. The standard InChI is InChI=1S/C20H19N3O4S2/c1-11-6-7-12(10-11)23-14-8-9-28-18(14)17(24)16(20(23)25)19-21-13-4-2-3-5-15(13)29(26,27)22-19/h2-5,8-9,11-12,16H,6-7,10H2,1H3,(H,21,22). The summed E-state index contributed by atoms with van der Waals surface area (Å²) in [5, 5.41) is 4.73. The van der Waals surface area contributed by atoms with Gasteiger partial charge in [-0.1, -0.05) is 19.1 Å². The molecule has 2 aliphatic heterocycles. The summed E-state index contributed by atoms with van der Waals surface area (Å²) in [5.74, 6) is -1.69. The third-order valence-electron chi connectivity index (χ3n) is 5.83. The zero-order valence-corrected chi connectivity index (χ0v) is 17.3. The van der Waals surface area contributed by atoms with Gasteiger partial charge in [-0.15, -0.1) is 15.7 Å². The highest BCUT2D eigenvalue weighted by Crippen LogP contribution is 2.41. The van der Waals surface area contributed by atoms with Crippen molar-refractivity contribution >= 4 is 50.3 Å². The lowest BCUT2D eigenvalue weighted by Gasteiger charge is -2.36. The lowest BCUT2D eigenvalue weighted by molar-refractivity contribution is -0.120. The van der Waals surface area contributed by atoms with E-state index in [0.717, 1.165) is 19.3 Å². The second kappa shape index (κ2) is 6.50. The molecule has 7 nitrogen and oxygen atoms in total. The number of benzene rings is 1. The van der Waals surface area contributed by atoms with Crippen molar-refractivity contribution in [1.82, 2.24) is 0 Å². The van der Waals surface area contributed by atoms with Crippen molar-refractivity contribution in [2.24, 2.45) is 16.2 Å². The normalized spacial score (nSPS) is 27.8. The number of fused-ring (bicyclic) bond motifs is 2. The van der Waals surface area contributed by atoms with Crippen LogP contribution in [0.1, 0.15) is 35.9 Å². The summed E-state index contributed by atoms with van der Waals surface area (Å²) in [5.41, 5.74) is 0.969. The maximum Gasteiger partial charge on any atom is 0.286 e. The van der Waals surface area contributed by atoms with Crippen LogP contribution in [0, 0.1) is 11.8 Å². The van der Waals surface area contributed by atoms with Gasteiger partial charge in [0.1, 0.15) is 10.7 Å². The minimum absolute atomic E-state index is 0.00883. The number of hydrogen-bond donors (Lipinski definition) is 1. The van der Waals surface area contributed by atoms with E-state index in [1.807, 2.05) is 0 Å². The predicted octanol–water partition coefficient (Wildman–Crippen LogP) is 3.30. The minimum atomic E-state index is -3.99. The summed E-state index contributed by atoms with van der Waals surface area (Å²) < 4.78 is 29.1. The molecule has 1 amide bonds. The van der Waals surface area contributed by atoms with Gasteiger partial charge in [-0.25, -0.2) is 0 Å². The van der Waals surface area contributed by atoms with E-state index in [9.17, 15) is 18.0 Å². The van der Waals surface area contributed by atoms with Crippen LogP contribution in [0.5, 0.6) is 0 Å². The number of carbonyl (C=O) groups excluding carboxylic acids is 2. The lowest BCUT2D eigenvalue weighted by Crippen LogP contribution is -2.52. The summed E-state index contributed by atoms with van der Waals surface area (Å²) in [4.78, 5) is 28.9. The summed E-state index contributed by atoms with van der Waals surface area (Å²) in [6, 6.07) is 8.17. The molecule has 1 saturated carbocycles. The highest BCUT2D eigenvalue weighted by Gasteiger charge is 2.48. The number of amides is 1. The Bertz CT molecular complexity index is 1170. The van der Waals surface area contributed by atoms with Crippen LogP contribution in [0.3, 0.4) is 0 Å². The Balaban J connectivity index is 1.60. The molecular weight excluding hydrogens is 410 g/mol. The van der Waals surface area contributed by atoms with Gasteiger partial charge in [-0.3, -0.25) is 9.59 Å². The van der Waals surface area contributed by atoms with Gasteiger partial charge in [0.15, 0.2) is 11.7 Å². The SMILES string of the molecule is CC1CCC(N2C(=O)C(C3=NS(=O)(=O)c4ccccc4N3)C(=O)c3sccc32)C1. The highest BCUT2D eigenvalue weighted by molar-refractivity contribution is 7.90. The molecule has 0 bridgehead atoms. The average molecular weight is 430 g/mol. The van der Waals surface area contributed by atoms with Gasteiger partial charge in [0, 0.05) is 6.04 Å². The van der Waals surface area contributed by atoms with Crippen molar-refractivity contribution < 1.29 is 18.0 Å². The van der Waals surface area contributed by atoms with Crippen LogP contribution >= 0.6 is 11.3 Å². The van der Waals surface area contributed by atoms with Crippen molar-refractivity contribution in [3.63, 3.8) is 0 Å². The molecule has 150 valence electrons. The number of hydrogen-bond acceptors (Lipinski definition) is 6. The van der Waals surface area contributed by atoms with E-state index in [2.05, 4.69) is 16.6 Å². The van der Waals surface area contributed by atoms with E-state index in [0.29, 0.717) is 22.2 Å². The molecule has 1 N–H and O–H groups in total. The predicted molar refractivity (Wildman–Crippen MR) is 111 cm³/mol. The van der Waals surface area contributed by atoms with E-state index in [4.69, 9.17) is 0 Å². The largest absolute Gasteiger partial charge is 0.341 e. The fourth-order valence-electron chi connectivity index (χ4n) is 4.47. The monoisotopic (exact) mass is 429 g/mol. The number of carbonyl (C=O) groups is 2. The van der Waals surface area contributed by atoms with Gasteiger partial charge in [-0.2, -0.15) is 8.42 Å². The van der Waals surface area contributed by atoms with Crippen LogP contribution in [0.4, 0.5) is 11.4 Å². The van der Waals surface area contributed by atoms with Gasteiger partial charge >= 0.3 is 0 Å². The highest BCUT2D eigenvalue weighted by atomic mass is 32.2. The molecule has 1 aliphatic carbocycles. The van der Waals surface area contributed by atoms with E-state index < -0.39 is 27.6 Å². The fourth-order valence-corrected chi connectivity index (χ4v) is 6.48. The number of nitrogens with one attached hydrogen (secondary N) is 1. The van der Waals surface area contributed by atoms with Gasteiger partial charge in [-0.05, 0) is 48.8 Å². The van der Waals surface area contributed by atoms with Crippen molar-refractivity contribution in [2.45, 2.75) is 37.1 Å². The van der Waals surface area contributed by atoms with Gasteiger partial charge in [0.05, 0.1) is 16.3 Å². The molecule has 2 aromatic rings. The van der Waals surface area contributed by atoms with Crippen LogP contribution in [0.2, 0.25) is 0 Å². The number of amidine groups is 1. The molecule has 1 aromatic carbocycles. The Morgan fingerprint density at radius 3 is 2.72 bits per heavy atom. The lowest BCUT2D eigenvalue weighted by atomic mass is 9.92. The Labute approximate surface area is 172 Å². The fraction of sp³-hybridized carbons (Fsp3) is 0.350. The Hall–Kier alpha value is -2.52. The first-order chi connectivity index (χ1) is 13.9. The number of ketones is 1. The first-order valence-electron chi connectivity index (χ1n) is 9.52. The zero-order chi connectivity index (χ0) is 20.3. The van der Waals surface area contributed by atoms with E-state index in [1.54, 1.807) is 34.5 Å². The Kier molecular flexibility index (Phi) is 4.15. The molecule has 0 saturated heterocycles. The molecule has 0 spiro atoms. The van der Waals surface area contributed by atoms with Gasteiger partial charge in [0.25, 0.3) is 10.0 Å². The molecule has 1 aromatic heterocycles. The third kappa shape index (κ3) is 2.83. The molecule has 1 fully saturated rings. The molecule has 3 atom stereocenters. The maximum atomic E-state index is 13.5. The first-order valence-corrected chi connectivity index (χ1v) is 11.8. The molecule has 0 radical (unpaired) electrons. The summed E-state index contributed by atoms with van der Waals surface area (Å²) in [7, 11) is -3.99. The summed E-state index contributed by atoms with van der Waals surface area (Å²) in [6.45, 7) is 2.15. The quantitative estimate of drug-likeness (QED) is 0.739. The van der Waals surface area contributed by atoms with Crippen LogP contribution in [0.25, 0.3) is 0 Å². The topological polar surface area (TPSA) is 95.9 Å². The summed E-state index contributed by atoms with van der Waals surface area (Å²) >= 11 is 1.28. The van der Waals surface area contributed by atoms with Crippen molar-refractivity contribution in [3.05, 3.63) is 40.6 Å². The summed E-state index contributed by atoms with van der Waals surface area (Å²) in [6.07, 6.45) is 2.75. The van der Waals surface area contributed by atoms with E-state index >= 15 is 0 Å². The van der Waals surface area contributed by atoms with E-state index in [1.165, 1.54) is 17.4 Å². The van der Waals surface area contributed by atoms with Gasteiger partial charge in [0.2, 0.25) is 5.91 Å². The van der Waals surface area contributed by atoms with Crippen molar-refractivity contribution in [1.29, 1.82) is 0 Å². The van der Waals surface area contributed by atoms with Crippen molar-refractivity contribution in [2.75, 3.05) is 10.2 Å². The second-order valence-electron chi connectivity index (χ2n) is 7.79. The molecule has 5 rings (SSSR count). The number of anilines is 2. The van der Waals surface area contributed by atoms with Crippen LogP contribution in [-0.2, 0) is 14.8 Å². The second-order valence-corrected chi connectivity index (χ2v) is 10.3. The number of rotatable bonds is 2. The maximum absolute atomic E-state index is 13.5. The van der Waals surface area contributed by atoms with Crippen molar-refractivity contribution in [3.8, 4) is 0 Å². The molecule has 3 heterocycles. The molecule has 3 unspecified atom stereocenters. The van der Waals surface area contributed by atoms with E-state index in [-0.39, 0.29) is 16.8 Å². The van der Waals surface area contributed by atoms with Gasteiger partial charge < -0.3 is 10.2 Å². The number of nitrogens with zero attached hydrogens (tertiary/aromatic N) is 2.